The van der Waals surface area contributed by atoms with Crippen LogP contribution in [-0.4, -0.2) is 61.3 Å². The van der Waals surface area contributed by atoms with Gasteiger partial charge in [-0.2, -0.15) is 0 Å². The van der Waals surface area contributed by atoms with Crippen molar-refractivity contribution in [1.82, 2.24) is 9.80 Å². The molecule has 1 atom stereocenters. The standard InChI is InChI=1S/C22H28FN3O2S/c1-16(22(27)24-19-6-4-5-7-21(19)29-3)26-12-10-25(11-13-26)15-17-14-18(23)8-9-20(17)28-2/h4-9,14,16H,10-13,15H2,1-3H3,(H,24,27). The monoisotopic (exact) mass is 417 g/mol. The third-order valence-electron chi connectivity index (χ3n) is 5.34. The van der Waals surface area contributed by atoms with E-state index in [2.05, 4.69) is 15.1 Å². The Morgan fingerprint density at radius 2 is 1.93 bits per heavy atom. The number of carbonyl (C=O) groups excluding carboxylic acids is 1. The van der Waals surface area contributed by atoms with Crippen LogP contribution in [0.3, 0.4) is 0 Å². The predicted octanol–water partition coefficient (Wildman–Crippen LogP) is 3.70. The van der Waals surface area contributed by atoms with Gasteiger partial charge >= 0.3 is 0 Å². The van der Waals surface area contributed by atoms with Gasteiger partial charge in [0.15, 0.2) is 0 Å². The molecule has 5 nitrogen and oxygen atoms in total. The number of anilines is 1. The molecule has 2 aromatic rings. The van der Waals surface area contributed by atoms with Crippen LogP contribution in [0.25, 0.3) is 0 Å². The summed E-state index contributed by atoms with van der Waals surface area (Å²) in [6.45, 7) is 5.79. The van der Waals surface area contributed by atoms with Crippen molar-refractivity contribution in [2.45, 2.75) is 24.4 Å². The van der Waals surface area contributed by atoms with E-state index in [0.29, 0.717) is 12.3 Å². The maximum Gasteiger partial charge on any atom is 0.241 e. The lowest BCUT2D eigenvalue weighted by molar-refractivity contribution is -0.121. The molecule has 1 N–H and O–H groups in total. The van der Waals surface area contributed by atoms with Gasteiger partial charge in [0.2, 0.25) is 5.91 Å². The van der Waals surface area contributed by atoms with E-state index in [1.165, 1.54) is 12.1 Å². The first kappa shape index (κ1) is 21.6. The Hall–Kier alpha value is -2.09. The number of carbonyl (C=O) groups is 1. The Morgan fingerprint density at radius 1 is 1.21 bits per heavy atom. The van der Waals surface area contributed by atoms with Crippen LogP contribution in [0.15, 0.2) is 47.4 Å². The van der Waals surface area contributed by atoms with Crippen molar-refractivity contribution in [1.29, 1.82) is 0 Å². The Morgan fingerprint density at radius 3 is 2.62 bits per heavy atom. The summed E-state index contributed by atoms with van der Waals surface area (Å²) in [4.78, 5) is 18.3. The molecule has 1 unspecified atom stereocenters. The highest BCUT2D eigenvalue weighted by Crippen LogP contribution is 2.25. The summed E-state index contributed by atoms with van der Waals surface area (Å²) in [7, 11) is 1.60. The van der Waals surface area contributed by atoms with Crippen LogP contribution >= 0.6 is 11.8 Å². The van der Waals surface area contributed by atoms with Gasteiger partial charge in [-0.05, 0) is 43.5 Å². The average molecular weight is 418 g/mol. The SMILES string of the molecule is COc1ccc(F)cc1CN1CCN(C(C)C(=O)Nc2ccccc2SC)CC1. The van der Waals surface area contributed by atoms with E-state index in [4.69, 9.17) is 4.74 Å². The second kappa shape index (κ2) is 10.1. The lowest BCUT2D eigenvalue weighted by Gasteiger charge is -2.37. The van der Waals surface area contributed by atoms with E-state index in [1.807, 2.05) is 37.4 Å². The first-order valence-electron chi connectivity index (χ1n) is 9.74. The van der Waals surface area contributed by atoms with Crippen molar-refractivity contribution in [2.75, 3.05) is 44.9 Å². The van der Waals surface area contributed by atoms with Crippen molar-refractivity contribution in [3.8, 4) is 5.75 Å². The topological polar surface area (TPSA) is 44.8 Å². The predicted molar refractivity (Wildman–Crippen MR) is 116 cm³/mol. The Balaban J connectivity index is 1.55. The molecule has 0 saturated carbocycles. The van der Waals surface area contributed by atoms with Gasteiger partial charge in [-0.15, -0.1) is 11.8 Å². The van der Waals surface area contributed by atoms with Gasteiger partial charge in [0, 0.05) is 43.2 Å². The van der Waals surface area contributed by atoms with Crippen molar-refractivity contribution < 1.29 is 13.9 Å². The third-order valence-corrected chi connectivity index (χ3v) is 6.13. The number of para-hydroxylation sites is 1. The zero-order valence-corrected chi connectivity index (χ0v) is 18.0. The molecule has 0 spiro atoms. The summed E-state index contributed by atoms with van der Waals surface area (Å²) in [5.74, 6) is 0.455. The van der Waals surface area contributed by atoms with E-state index in [0.717, 1.165) is 42.3 Å². The lowest BCUT2D eigenvalue weighted by atomic mass is 10.1. The van der Waals surface area contributed by atoms with Crippen LogP contribution in [0.5, 0.6) is 5.75 Å². The number of thioether (sulfide) groups is 1. The van der Waals surface area contributed by atoms with Crippen LogP contribution in [0.1, 0.15) is 12.5 Å². The largest absolute Gasteiger partial charge is 0.496 e. The number of nitrogens with zero attached hydrogens (tertiary/aromatic N) is 2. The molecule has 156 valence electrons. The van der Waals surface area contributed by atoms with E-state index in [9.17, 15) is 9.18 Å². The fourth-order valence-corrected chi connectivity index (χ4v) is 4.12. The molecule has 0 aliphatic carbocycles. The highest BCUT2D eigenvalue weighted by atomic mass is 32.2. The summed E-state index contributed by atoms with van der Waals surface area (Å²) < 4.78 is 18.9. The summed E-state index contributed by atoms with van der Waals surface area (Å²) in [6.07, 6.45) is 2.00. The van der Waals surface area contributed by atoms with Crippen LogP contribution < -0.4 is 10.1 Å². The molecule has 1 aliphatic heterocycles. The normalized spacial score (nSPS) is 16.4. The zero-order valence-electron chi connectivity index (χ0n) is 17.2. The number of hydrogen-bond acceptors (Lipinski definition) is 5. The maximum absolute atomic E-state index is 13.6. The van der Waals surface area contributed by atoms with Gasteiger partial charge in [0.05, 0.1) is 18.8 Å². The smallest absolute Gasteiger partial charge is 0.241 e. The summed E-state index contributed by atoms with van der Waals surface area (Å²) in [5, 5.41) is 3.06. The van der Waals surface area contributed by atoms with Crippen LogP contribution in [0.2, 0.25) is 0 Å². The molecular formula is C22H28FN3O2S. The van der Waals surface area contributed by atoms with Gasteiger partial charge in [-0.3, -0.25) is 14.6 Å². The van der Waals surface area contributed by atoms with Crippen molar-refractivity contribution in [3.05, 3.63) is 53.8 Å². The molecule has 2 aromatic carbocycles. The Kier molecular flexibility index (Phi) is 7.52. The van der Waals surface area contributed by atoms with E-state index < -0.39 is 0 Å². The van der Waals surface area contributed by atoms with Gasteiger partial charge < -0.3 is 10.1 Å². The molecule has 1 aliphatic rings. The minimum Gasteiger partial charge on any atom is -0.496 e. The highest BCUT2D eigenvalue weighted by molar-refractivity contribution is 7.98. The molecule has 1 fully saturated rings. The fourth-order valence-electron chi connectivity index (χ4n) is 3.57. The van der Waals surface area contributed by atoms with Crippen LogP contribution in [0.4, 0.5) is 10.1 Å². The van der Waals surface area contributed by atoms with Gasteiger partial charge in [-0.25, -0.2) is 4.39 Å². The molecule has 0 radical (unpaired) electrons. The van der Waals surface area contributed by atoms with Gasteiger partial charge in [-0.1, -0.05) is 12.1 Å². The molecule has 3 rings (SSSR count). The van der Waals surface area contributed by atoms with E-state index >= 15 is 0 Å². The first-order chi connectivity index (χ1) is 14.0. The molecule has 7 heteroatoms. The van der Waals surface area contributed by atoms with Crippen molar-refractivity contribution in [3.63, 3.8) is 0 Å². The number of amides is 1. The van der Waals surface area contributed by atoms with Gasteiger partial charge in [0.1, 0.15) is 11.6 Å². The molecular weight excluding hydrogens is 389 g/mol. The van der Waals surface area contributed by atoms with Gasteiger partial charge in [0.25, 0.3) is 0 Å². The maximum atomic E-state index is 13.6. The average Bonchev–Trinajstić information content (AvgIpc) is 2.74. The number of piperazine rings is 1. The minimum atomic E-state index is -0.254. The third kappa shape index (κ3) is 5.50. The number of ether oxygens (including phenoxy) is 1. The lowest BCUT2D eigenvalue weighted by Crippen LogP contribution is -2.52. The van der Waals surface area contributed by atoms with Crippen molar-refractivity contribution in [2.24, 2.45) is 0 Å². The summed E-state index contributed by atoms with van der Waals surface area (Å²) in [5.41, 5.74) is 1.70. The zero-order chi connectivity index (χ0) is 20.8. The molecule has 1 amide bonds. The summed E-state index contributed by atoms with van der Waals surface area (Å²) >= 11 is 1.62. The fraction of sp³-hybridized carbons (Fsp3) is 0.409. The number of halogens is 1. The summed E-state index contributed by atoms with van der Waals surface area (Å²) in [6, 6.07) is 12.2. The number of nitrogens with one attached hydrogen (secondary N) is 1. The molecule has 0 bridgehead atoms. The number of hydrogen-bond donors (Lipinski definition) is 1. The number of methoxy groups -OCH3 is 1. The second-order valence-electron chi connectivity index (χ2n) is 7.13. The van der Waals surface area contributed by atoms with E-state index in [1.54, 1.807) is 24.9 Å². The minimum absolute atomic E-state index is 0.00625. The Labute approximate surface area is 176 Å². The molecule has 1 saturated heterocycles. The molecule has 0 aromatic heterocycles. The molecule has 1 heterocycles. The number of rotatable bonds is 7. The Bertz CT molecular complexity index is 841. The first-order valence-corrected chi connectivity index (χ1v) is 11.0. The molecule has 29 heavy (non-hydrogen) atoms. The van der Waals surface area contributed by atoms with Crippen LogP contribution in [-0.2, 0) is 11.3 Å². The van der Waals surface area contributed by atoms with Crippen LogP contribution in [0, 0.1) is 5.82 Å². The van der Waals surface area contributed by atoms with Crippen molar-refractivity contribution >= 4 is 23.4 Å². The second-order valence-corrected chi connectivity index (χ2v) is 7.98. The number of benzene rings is 2. The highest BCUT2D eigenvalue weighted by Gasteiger charge is 2.26. The van der Waals surface area contributed by atoms with E-state index in [-0.39, 0.29) is 17.8 Å². The quantitative estimate of drug-likeness (QED) is 0.696.